The number of hydrogen-bond acceptors (Lipinski definition) is 4. The van der Waals surface area contributed by atoms with Gasteiger partial charge in [0.2, 0.25) is 5.91 Å². The van der Waals surface area contributed by atoms with Crippen molar-refractivity contribution in [1.29, 1.82) is 0 Å². The number of rotatable bonds is 4. The predicted molar refractivity (Wildman–Crippen MR) is 101 cm³/mol. The largest absolute Gasteiger partial charge is 0.338 e. The smallest absolute Gasteiger partial charge is 0.246 e. The van der Waals surface area contributed by atoms with E-state index in [1.165, 1.54) is 22.3 Å². The SMILES string of the molecule is Cc1cccc2c1ccn2CC(=O)Nc1nc(-c2ccncc2)cs1. The summed E-state index contributed by atoms with van der Waals surface area (Å²) in [7, 11) is 0. The van der Waals surface area contributed by atoms with Crippen molar-refractivity contribution in [2.24, 2.45) is 0 Å². The number of aromatic nitrogens is 3. The number of hydrogen-bond donors (Lipinski definition) is 1. The normalized spacial score (nSPS) is 10.9. The van der Waals surface area contributed by atoms with Crippen LogP contribution in [0.25, 0.3) is 22.2 Å². The highest BCUT2D eigenvalue weighted by molar-refractivity contribution is 7.14. The quantitative estimate of drug-likeness (QED) is 0.604. The molecule has 25 heavy (non-hydrogen) atoms. The van der Waals surface area contributed by atoms with E-state index in [-0.39, 0.29) is 12.5 Å². The summed E-state index contributed by atoms with van der Waals surface area (Å²) in [5.74, 6) is -0.0883. The zero-order valence-electron chi connectivity index (χ0n) is 13.6. The molecule has 0 saturated heterocycles. The lowest BCUT2D eigenvalue weighted by Gasteiger charge is -2.06. The Morgan fingerprint density at radius 2 is 2.04 bits per heavy atom. The molecule has 124 valence electrons. The molecule has 1 amide bonds. The topological polar surface area (TPSA) is 59.8 Å². The molecule has 0 atom stereocenters. The Hall–Kier alpha value is -2.99. The molecule has 0 aliphatic heterocycles. The van der Waals surface area contributed by atoms with Gasteiger partial charge in [-0.25, -0.2) is 4.98 Å². The Balaban J connectivity index is 1.49. The van der Waals surface area contributed by atoms with Crippen LogP contribution in [0.5, 0.6) is 0 Å². The summed E-state index contributed by atoms with van der Waals surface area (Å²) in [6.45, 7) is 2.33. The number of nitrogens with zero attached hydrogens (tertiary/aromatic N) is 3. The van der Waals surface area contributed by atoms with E-state index in [4.69, 9.17) is 0 Å². The van der Waals surface area contributed by atoms with E-state index >= 15 is 0 Å². The third-order valence-electron chi connectivity index (χ3n) is 4.07. The Morgan fingerprint density at radius 1 is 1.20 bits per heavy atom. The maximum Gasteiger partial charge on any atom is 0.246 e. The number of benzene rings is 1. The molecule has 0 bridgehead atoms. The van der Waals surface area contributed by atoms with Gasteiger partial charge in [-0.1, -0.05) is 12.1 Å². The number of thiazole rings is 1. The Labute approximate surface area is 149 Å². The lowest BCUT2D eigenvalue weighted by Crippen LogP contribution is -2.18. The van der Waals surface area contributed by atoms with Crippen molar-refractivity contribution in [3.05, 3.63) is 65.9 Å². The number of anilines is 1. The van der Waals surface area contributed by atoms with E-state index in [2.05, 4.69) is 28.3 Å². The molecule has 0 aliphatic rings. The van der Waals surface area contributed by atoms with E-state index in [1.807, 2.05) is 46.5 Å². The molecule has 0 unspecified atom stereocenters. The van der Waals surface area contributed by atoms with Crippen LogP contribution in [-0.2, 0) is 11.3 Å². The molecule has 0 spiro atoms. The Kier molecular flexibility index (Phi) is 4.03. The van der Waals surface area contributed by atoms with Gasteiger partial charge in [-0.2, -0.15) is 0 Å². The summed E-state index contributed by atoms with van der Waals surface area (Å²) in [6.07, 6.45) is 5.40. The Bertz CT molecular complexity index is 1040. The molecule has 5 nitrogen and oxygen atoms in total. The standard InChI is InChI=1S/C19H16N4OS/c1-13-3-2-4-17-15(13)7-10-23(17)11-18(24)22-19-21-16(12-25-19)14-5-8-20-9-6-14/h2-10,12H,11H2,1H3,(H,21,22,24). The van der Waals surface area contributed by atoms with Crippen LogP contribution in [0.3, 0.4) is 0 Å². The van der Waals surface area contributed by atoms with Crippen molar-refractivity contribution in [2.45, 2.75) is 13.5 Å². The first-order chi connectivity index (χ1) is 12.2. The monoisotopic (exact) mass is 348 g/mol. The molecule has 0 aliphatic carbocycles. The number of carbonyl (C=O) groups is 1. The van der Waals surface area contributed by atoms with Crippen LogP contribution in [0.2, 0.25) is 0 Å². The molecule has 1 aromatic carbocycles. The molecule has 6 heteroatoms. The fourth-order valence-corrected chi connectivity index (χ4v) is 3.55. The van der Waals surface area contributed by atoms with E-state index < -0.39 is 0 Å². The highest BCUT2D eigenvalue weighted by Crippen LogP contribution is 2.24. The zero-order chi connectivity index (χ0) is 17.2. The zero-order valence-corrected chi connectivity index (χ0v) is 14.5. The predicted octanol–water partition coefficient (Wildman–Crippen LogP) is 4.11. The fraction of sp³-hybridized carbons (Fsp3) is 0.105. The third kappa shape index (κ3) is 3.16. The van der Waals surface area contributed by atoms with Gasteiger partial charge in [0.05, 0.1) is 5.69 Å². The summed E-state index contributed by atoms with van der Waals surface area (Å²) in [5.41, 5.74) is 4.09. The second-order valence-corrected chi connectivity index (χ2v) is 6.63. The lowest BCUT2D eigenvalue weighted by molar-refractivity contribution is -0.116. The summed E-state index contributed by atoms with van der Waals surface area (Å²) < 4.78 is 1.95. The van der Waals surface area contributed by atoms with Gasteiger partial charge in [0, 0.05) is 40.4 Å². The average Bonchev–Trinajstić information content (AvgIpc) is 3.24. The van der Waals surface area contributed by atoms with Crippen molar-refractivity contribution >= 4 is 33.3 Å². The second-order valence-electron chi connectivity index (χ2n) is 5.77. The van der Waals surface area contributed by atoms with Gasteiger partial charge in [0.15, 0.2) is 5.13 Å². The number of carbonyl (C=O) groups excluding carboxylic acids is 1. The molecule has 0 fully saturated rings. The number of nitrogens with one attached hydrogen (secondary N) is 1. The first-order valence-electron chi connectivity index (χ1n) is 7.91. The molecule has 3 heterocycles. The van der Waals surface area contributed by atoms with Crippen LogP contribution >= 0.6 is 11.3 Å². The molecular formula is C19H16N4OS. The van der Waals surface area contributed by atoms with Crippen LogP contribution in [0, 0.1) is 6.92 Å². The first-order valence-corrected chi connectivity index (χ1v) is 8.79. The fourth-order valence-electron chi connectivity index (χ4n) is 2.82. The van der Waals surface area contributed by atoms with Crippen molar-refractivity contribution in [1.82, 2.24) is 14.5 Å². The van der Waals surface area contributed by atoms with Gasteiger partial charge in [0.1, 0.15) is 6.54 Å². The summed E-state index contributed by atoms with van der Waals surface area (Å²) >= 11 is 1.42. The van der Waals surface area contributed by atoms with Crippen molar-refractivity contribution in [2.75, 3.05) is 5.32 Å². The molecule has 3 aromatic heterocycles. The van der Waals surface area contributed by atoms with Crippen molar-refractivity contribution < 1.29 is 4.79 Å². The molecular weight excluding hydrogens is 332 g/mol. The van der Waals surface area contributed by atoms with Crippen LogP contribution in [-0.4, -0.2) is 20.4 Å². The van der Waals surface area contributed by atoms with E-state index in [9.17, 15) is 4.79 Å². The number of aryl methyl sites for hydroxylation is 1. The van der Waals surface area contributed by atoms with Crippen LogP contribution in [0.4, 0.5) is 5.13 Å². The average molecular weight is 348 g/mol. The van der Waals surface area contributed by atoms with Gasteiger partial charge in [-0.05, 0) is 36.8 Å². The van der Waals surface area contributed by atoms with Crippen LogP contribution < -0.4 is 5.32 Å². The number of pyridine rings is 1. The molecule has 1 N–H and O–H groups in total. The molecule has 0 saturated carbocycles. The highest BCUT2D eigenvalue weighted by atomic mass is 32.1. The molecule has 0 radical (unpaired) electrons. The van der Waals surface area contributed by atoms with Gasteiger partial charge in [-0.15, -0.1) is 11.3 Å². The maximum atomic E-state index is 12.4. The molecule has 4 aromatic rings. The lowest BCUT2D eigenvalue weighted by atomic mass is 10.1. The summed E-state index contributed by atoms with van der Waals surface area (Å²) in [6, 6.07) is 11.9. The summed E-state index contributed by atoms with van der Waals surface area (Å²) in [5, 5.41) is 6.58. The minimum atomic E-state index is -0.0883. The van der Waals surface area contributed by atoms with E-state index in [0.29, 0.717) is 5.13 Å². The van der Waals surface area contributed by atoms with Crippen LogP contribution in [0.1, 0.15) is 5.56 Å². The van der Waals surface area contributed by atoms with Crippen molar-refractivity contribution in [3.63, 3.8) is 0 Å². The first kappa shape index (κ1) is 15.5. The van der Waals surface area contributed by atoms with E-state index in [0.717, 1.165) is 16.8 Å². The van der Waals surface area contributed by atoms with Gasteiger partial charge in [0.25, 0.3) is 0 Å². The van der Waals surface area contributed by atoms with E-state index in [1.54, 1.807) is 12.4 Å². The van der Waals surface area contributed by atoms with Gasteiger partial charge < -0.3 is 9.88 Å². The Morgan fingerprint density at radius 3 is 2.88 bits per heavy atom. The number of amides is 1. The minimum absolute atomic E-state index is 0.0883. The second kappa shape index (κ2) is 6.49. The third-order valence-corrected chi connectivity index (χ3v) is 4.83. The molecule has 4 rings (SSSR count). The summed E-state index contributed by atoms with van der Waals surface area (Å²) in [4.78, 5) is 20.9. The maximum absolute atomic E-state index is 12.4. The minimum Gasteiger partial charge on any atom is -0.338 e. The number of fused-ring (bicyclic) bond motifs is 1. The van der Waals surface area contributed by atoms with Crippen LogP contribution in [0.15, 0.2) is 60.4 Å². The van der Waals surface area contributed by atoms with Crippen molar-refractivity contribution in [3.8, 4) is 11.3 Å². The highest BCUT2D eigenvalue weighted by Gasteiger charge is 2.10. The van der Waals surface area contributed by atoms with Gasteiger partial charge >= 0.3 is 0 Å². The van der Waals surface area contributed by atoms with Gasteiger partial charge in [-0.3, -0.25) is 9.78 Å².